The summed E-state index contributed by atoms with van der Waals surface area (Å²) in [6.07, 6.45) is 5.78. The Morgan fingerprint density at radius 1 is 0.864 bits per heavy atom. The lowest BCUT2D eigenvalue weighted by molar-refractivity contribution is 0.306. The van der Waals surface area contributed by atoms with Crippen LogP contribution in [0.3, 0.4) is 0 Å². The highest BCUT2D eigenvalue weighted by Gasteiger charge is 2.05. The van der Waals surface area contributed by atoms with Crippen LogP contribution in [0.4, 0.5) is 0 Å². The third-order valence-electron chi connectivity index (χ3n) is 3.76. The molecular formula is C20H25ClO. The monoisotopic (exact) mass is 316 g/mol. The van der Waals surface area contributed by atoms with Gasteiger partial charge in [-0.2, -0.15) is 0 Å². The second-order valence-electron chi connectivity index (χ2n) is 5.65. The van der Waals surface area contributed by atoms with E-state index in [0.29, 0.717) is 5.02 Å². The van der Waals surface area contributed by atoms with E-state index < -0.39 is 0 Å². The Bertz CT molecular complexity index is 575. The van der Waals surface area contributed by atoms with Gasteiger partial charge in [-0.3, -0.25) is 0 Å². The standard InChI is InChI=1S/C20H25ClO/c1-3-5-6-14-22-20-13-12-18(15-19(20)21)17-10-8-16(7-4-2)9-11-17/h8-13,15H,3-7,14H2,1-2H3. The van der Waals surface area contributed by atoms with Crippen molar-refractivity contribution in [2.75, 3.05) is 6.61 Å². The van der Waals surface area contributed by atoms with Crippen LogP contribution in [-0.2, 0) is 6.42 Å². The molecule has 0 heterocycles. The molecule has 0 fully saturated rings. The third kappa shape index (κ3) is 4.78. The van der Waals surface area contributed by atoms with E-state index in [1.807, 2.05) is 12.1 Å². The van der Waals surface area contributed by atoms with E-state index in [1.165, 1.54) is 30.4 Å². The van der Waals surface area contributed by atoms with Gasteiger partial charge in [-0.05, 0) is 41.7 Å². The topological polar surface area (TPSA) is 9.23 Å². The van der Waals surface area contributed by atoms with Crippen LogP contribution < -0.4 is 4.74 Å². The predicted molar refractivity (Wildman–Crippen MR) is 95.9 cm³/mol. The zero-order valence-electron chi connectivity index (χ0n) is 13.6. The Morgan fingerprint density at radius 3 is 2.23 bits per heavy atom. The summed E-state index contributed by atoms with van der Waals surface area (Å²) in [6, 6.07) is 14.8. The number of benzene rings is 2. The minimum absolute atomic E-state index is 0.687. The van der Waals surface area contributed by atoms with E-state index in [0.717, 1.165) is 30.8 Å². The van der Waals surface area contributed by atoms with E-state index >= 15 is 0 Å². The zero-order valence-corrected chi connectivity index (χ0v) is 14.3. The molecule has 2 aromatic carbocycles. The molecule has 0 aliphatic carbocycles. The molecule has 0 atom stereocenters. The third-order valence-corrected chi connectivity index (χ3v) is 4.06. The summed E-state index contributed by atoms with van der Waals surface area (Å²) < 4.78 is 5.75. The molecule has 118 valence electrons. The molecule has 1 nitrogen and oxygen atoms in total. The summed E-state index contributed by atoms with van der Waals surface area (Å²) in [5.41, 5.74) is 3.71. The minimum Gasteiger partial charge on any atom is -0.492 e. The van der Waals surface area contributed by atoms with Crippen LogP contribution in [0.15, 0.2) is 42.5 Å². The fourth-order valence-electron chi connectivity index (χ4n) is 2.48. The first-order valence-electron chi connectivity index (χ1n) is 8.26. The Kier molecular flexibility index (Phi) is 6.79. The summed E-state index contributed by atoms with van der Waals surface area (Å²) in [4.78, 5) is 0. The molecule has 0 saturated heterocycles. The Balaban J connectivity index is 2.04. The molecule has 0 bridgehead atoms. The summed E-state index contributed by atoms with van der Waals surface area (Å²) in [5.74, 6) is 0.782. The summed E-state index contributed by atoms with van der Waals surface area (Å²) >= 11 is 6.35. The quantitative estimate of drug-likeness (QED) is 0.503. The highest BCUT2D eigenvalue weighted by atomic mass is 35.5. The maximum Gasteiger partial charge on any atom is 0.137 e. The van der Waals surface area contributed by atoms with Crippen molar-refractivity contribution in [1.82, 2.24) is 0 Å². The van der Waals surface area contributed by atoms with Crippen LogP contribution in [0.25, 0.3) is 11.1 Å². The van der Waals surface area contributed by atoms with Gasteiger partial charge in [0.1, 0.15) is 5.75 Å². The van der Waals surface area contributed by atoms with Crippen LogP contribution >= 0.6 is 11.6 Å². The molecule has 0 aliphatic heterocycles. The SMILES string of the molecule is CCCCCOc1ccc(-c2ccc(CCC)cc2)cc1Cl. The fourth-order valence-corrected chi connectivity index (χ4v) is 2.72. The summed E-state index contributed by atoms with van der Waals surface area (Å²) in [6.45, 7) is 5.12. The van der Waals surface area contributed by atoms with Crippen molar-refractivity contribution >= 4 is 11.6 Å². The number of hydrogen-bond acceptors (Lipinski definition) is 1. The van der Waals surface area contributed by atoms with E-state index in [9.17, 15) is 0 Å². The van der Waals surface area contributed by atoms with Gasteiger partial charge in [-0.25, -0.2) is 0 Å². The highest BCUT2D eigenvalue weighted by Crippen LogP contribution is 2.30. The molecule has 0 unspecified atom stereocenters. The predicted octanol–water partition coefficient (Wildman–Crippen LogP) is 6.53. The fraction of sp³-hybridized carbons (Fsp3) is 0.400. The molecule has 0 aromatic heterocycles. The van der Waals surface area contributed by atoms with Gasteiger partial charge >= 0.3 is 0 Å². The Morgan fingerprint density at radius 2 is 1.59 bits per heavy atom. The minimum atomic E-state index is 0.687. The average molecular weight is 317 g/mol. The lowest BCUT2D eigenvalue weighted by Gasteiger charge is -2.10. The van der Waals surface area contributed by atoms with Gasteiger partial charge in [-0.15, -0.1) is 0 Å². The van der Waals surface area contributed by atoms with Gasteiger partial charge in [-0.1, -0.05) is 75.0 Å². The van der Waals surface area contributed by atoms with Gasteiger partial charge in [0, 0.05) is 0 Å². The Labute approximate surface area is 139 Å². The van der Waals surface area contributed by atoms with Crippen molar-refractivity contribution in [2.45, 2.75) is 46.0 Å². The molecule has 0 spiro atoms. The molecule has 2 rings (SSSR count). The van der Waals surface area contributed by atoms with Crippen molar-refractivity contribution in [2.24, 2.45) is 0 Å². The number of unbranched alkanes of at least 4 members (excludes halogenated alkanes) is 2. The first-order valence-corrected chi connectivity index (χ1v) is 8.64. The summed E-state index contributed by atoms with van der Waals surface area (Å²) in [7, 11) is 0. The number of halogens is 1. The van der Waals surface area contributed by atoms with Gasteiger partial charge in [0.15, 0.2) is 0 Å². The second kappa shape index (κ2) is 8.85. The number of rotatable bonds is 8. The first kappa shape index (κ1) is 16.9. The molecule has 2 aromatic rings. The maximum atomic E-state index is 6.35. The lowest BCUT2D eigenvalue weighted by Crippen LogP contribution is -1.97. The van der Waals surface area contributed by atoms with Crippen molar-refractivity contribution in [3.05, 3.63) is 53.1 Å². The van der Waals surface area contributed by atoms with E-state index in [4.69, 9.17) is 16.3 Å². The van der Waals surface area contributed by atoms with Crippen LogP contribution in [0.5, 0.6) is 5.75 Å². The van der Waals surface area contributed by atoms with Gasteiger partial charge in [0.25, 0.3) is 0 Å². The van der Waals surface area contributed by atoms with Crippen LogP contribution in [0.1, 0.15) is 45.1 Å². The maximum absolute atomic E-state index is 6.35. The highest BCUT2D eigenvalue weighted by molar-refractivity contribution is 6.32. The van der Waals surface area contributed by atoms with E-state index in [-0.39, 0.29) is 0 Å². The van der Waals surface area contributed by atoms with Crippen molar-refractivity contribution in [3.63, 3.8) is 0 Å². The molecule has 0 N–H and O–H groups in total. The smallest absolute Gasteiger partial charge is 0.137 e. The van der Waals surface area contributed by atoms with Crippen LogP contribution in [0.2, 0.25) is 5.02 Å². The van der Waals surface area contributed by atoms with Crippen molar-refractivity contribution < 1.29 is 4.74 Å². The van der Waals surface area contributed by atoms with Crippen LogP contribution in [0, 0.1) is 0 Å². The van der Waals surface area contributed by atoms with E-state index in [1.54, 1.807) is 0 Å². The average Bonchev–Trinajstić information content (AvgIpc) is 2.54. The zero-order chi connectivity index (χ0) is 15.8. The van der Waals surface area contributed by atoms with Gasteiger partial charge in [0.2, 0.25) is 0 Å². The molecule has 0 amide bonds. The van der Waals surface area contributed by atoms with Gasteiger partial charge < -0.3 is 4.74 Å². The van der Waals surface area contributed by atoms with Crippen LogP contribution in [-0.4, -0.2) is 6.61 Å². The lowest BCUT2D eigenvalue weighted by atomic mass is 10.0. The number of aryl methyl sites for hydroxylation is 1. The molecule has 0 aliphatic rings. The molecular weight excluding hydrogens is 292 g/mol. The molecule has 22 heavy (non-hydrogen) atoms. The normalized spacial score (nSPS) is 10.7. The summed E-state index contributed by atoms with van der Waals surface area (Å²) in [5, 5.41) is 0.687. The molecule has 2 heteroatoms. The number of hydrogen-bond donors (Lipinski definition) is 0. The van der Waals surface area contributed by atoms with Gasteiger partial charge in [0.05, 0.1) is 11.6 Å². The Hall–Kier alpha value is -1.47. The van der Waals surface area contributed by atoms with Crippen molar-refractivity contribution in [3.8, 4) is 16.9 Å². The van der Waals surface area contributed by atoms with E-state index in [2.05, 4.69) is 44.2 Å². The van der Waals surface area contributed by atoms with Crippen molar-refractivity contribution in [1.29, 1.82) is 0 Å². The molecule has 0 radical (unpaired) electrons. The second-order valence-corrected chi connectivity index (χ2v) is 6.05. The number of ether oxygens (including phenoxy) is 1. The first-order chi connectivity index (χ1) is 10.7. The largest absolute Gasteiger partial charge is 0.492 e. The molecule has 0 saturated carbocycles.